The van der Waals surface area contributed by atoms with E-state index in [0.29, 0.717) is 4.53 Å². The average molecular weight is 491 g/mol. The Kier molecular flexibility index (Phi) is 5.99. The van der Waals surface area contributed by atoms with Gasteiger partial charge in [0.2, 0.25) is 0 Å². The molecule has 4 nitrogen and oxygen atoms in total. The van der Waals surface area contributed by atoms with Crippen LogP contribution in [0.5, 0.6) is 5.75 Å². The van der Waals surface area contributed by atoms with Gasteiger partial charge in [-0.05, 0) is 71.4 Å². The first-order valence-electron chi connectivity index (χ1n) is 12.2. The van der Waals surface area contributed by atoms with Crippen LogP contribution in [-0.4, -0.2) is 11.7 Å². The summed E-state index contributed by atoms with van der Waals surface area (Å²) in [5.41, 5.74) is 6.80. The van der Waals surface area contributed by atoms with Crippen LogP contribution in [0.2, 0.25) is 0 Å². The molecule has 1 aromatic heterocycles. The zero-order valence-electron chi connectivity index (χ0n) is 20.1. The lowest BCUT2D eigenvalue weighted by Gasteiger charge is -2.31. The summed E-state index contributed by atoms with van der Waals surface area (Å²) in [7, 11) is 1.65. The Bertz CT molecular complexity index is 1640. The second-order valence-corrected chi connectivity index (χ2v) is 10.1. The fraction of sp³-hybridized carbons (Fsp3) is 0.161. The van der Waals surface area contributed by atoms with Gasteiger partial charge in [0.25, 0.3) is 5.56 Å². The molecule has 4 aromatic rings. The van der Waals surface area contributed by atoms with E-state index < -0.39 is 0 Å². The Morgan fingerprint density at radius 1 is 0.889 bits per heavy atom. The normalized spacial score (nSPS) is 18.5. The third-order valence-electron chi connectivity index (χ3n) is 6.80. The third-order valence-corrected chi connectivity index (χ3v) is 7.79. The molecule has 178 valence electrons. The summed E-state index contributed by atoms with van der Waals surface area (Å²) in [6, 6.07) is 28.4. The van der Waals surface area contributed by atoms with Crippen LogP contribution >= 0.6 is 11.3 Å². The van der Waals surface area contributed by atoms with Crippen LogP contribution in [-0.2, 0) is 0 Å². The molecule has 36 heavy (non-hydrogen) atoms. The molecule has 3 aromatic carbocycles. The number of rotatable bonds is 4. The largest absolute Gasteiger partial charge is 0.497 e. The maximum absolute atomic E-state index is 13.8. The molecule has 0 bridgehead atoms. The van der Waals surface area contributed by atoms with E-state index in [-0.39, 0.29) is 11.6 Å². The Morgan fingerprint density at radius 3 is 2.31 bits per heavy atom. The van der Waals surface area contributed by atoms with Gasteiger partial charge < -0.3 is 4.74 Å². The molecule has 0 saturated carbocycles. The zero-order chi connectivity index (χ0) is 24.5. The summed E-state index contributed by atoms with van der Waals surface area (Å²) in [5.74, 6) is 0.795. The first-order chi connectivity index (χ1) is 17.7. The maximum Gasteiger partial charge on any atom is 0.271 e. The van der Waals surface area contributed by atoms with E-state index in [2.05, 4.69) is 42.5 Å². The van der Waals surface area contributed by atoms with Crippen molar-refractivity contribution < 1.29 is 4.74 Å². The van der Waals surface area contributed by atoms with E-state index in [1.54, 1.807) is 7.11 Å². The molecule has 0 fully saturated rings. The van der Waals surface area contributed by atoms with Crippen molar-refractivity contribution in [2.24, 2.45) is 4.99 Å². The smallest absolute Gasteiger partial charge is 0.271 e. The summed E-state index contributed by atoms with van der Waals surface area (Å²) in [5, 5.41) is 0. The van der Waals surface area contributed by atoms with Gasteiger partial charge >= 0.3 is 0 Å². The third kappa shape index (κ3) is 4.16. The molecule has 0 saturated heterocycles. The van der Waals surface area contributed by atoms with Crippen LogP contribution in [0.25, 0.3) is 12.2 Å². The fourth-order valence-electron chi connectivity index (χ4n) is 5.09. The highest BCUT2D eigenvalue weighted by atomic mass is 32.1. The molecule has 2 aliphatic rings. The van der Waals surface area contributed by atoms with Crippen molar-refractivity contribution in [3.05, 3.63) is 138 Å². The van der Waals surface area contributed by atoms with E-state index in [9.17, 15) is 4.79 Å². The molecular weight excluding hydrogens is 464 g/mol. The minimum Gasteiger partial charge on any atom is -0.497 e. The Hall–Kier alpha value is -3.96. The van der Waals surface area contributed by atoms with Gasteiger partial charge in [-0.1, -0.05) is 84.1 Å². The molecule has 1 aliphatic carbocycles. The molecule has 1 aliphatic heterocycles. The monoisotopic (exact) mass is 490 g/mol. The van der Waals surface area contributed by atoms with Crippen LogP contribution in [0.3, 0.4) is 0 Å². The van der Waals surface area contributed by atoms with Crippen molar-refractivity contribution in [1.82, 2.24) is 4.57 Å². The van der Waals surface area contributed by atoms with Gasteiger partial charge in [-0.2, -0.15) is 0 Å². The summed E-state index contributed by atoms with van der Waals surface area (Å²) in [4.78, 5) is 19.7. The summed E-state index contributed by atoms with van der Waals surface area (Å²) in [6.45, 7) is 0. The topological polar surface area (TPSA) is 43.6 Å². The van der Waals surface area contributed by atoms with E-state index in [0.717, 1.165) is 46.6 Å². The number of hydrogen-bond acceptors (Lipinski definition) is 4. The van der Waals surface area contributed by atoms with Crippen molar-refractivity contribution in [3.8, 4) is 5.75 Å². The highest BCUT2D eigenvalue weighted by Crippen LogP contribution is 2.40. The van der Waals surface area contributed by atoms with Crippen LogP contribution < -0.4 is 19.6 Å². The minimum atomic E-state index is -0.144. The molecule has 1 atom stereocenters. The van der Waals surface area contributed by atoms with E-state index in [1.165, 1.54) is 28.0 Å². The van der Waals surface area contributed by atoms with E-state index in [1.807, 2.05) is 59.2 Å². The van der Waals surface area contributed by atoms with Crippen molar-refractivity contribution in [1.29, 1.82) is 0 Å². The maximum atomic E-state index is 13.8. The standard InChI is InChI=1S/C31H26N2O2S/c1-35-25-17-15-22(16-18-25)20-27-30(34)33-29(23-11-6-3-7-12-23)26-14-8-13-24(28(26)32-31(33)36-27)19-21-9-4-2-5-10-21/h2-7,9-12,15-20,29H,8,13-14H2,1H3/b24-19-,27-20+/t29-/m1/s1. The van der Waals surface area contributed by atoms with Crippen LogP contribution in [0.1, 0.15) is 42.0 Å². The van der Waals surface area contributed by atoms with Gasteiger partial charge in [0, 0.05) is 0 Å². The van der Waals surface area contributed by atoms with Crippen molar-refractivity contribution in [2.75, 3.05) is 7.11 Å². The van der Waals surface area contributed by atoms with Gasteiger partial charge in [-0.3, -0.25) is 9.36 Å². The zero-order valence-corrected chi connectivity index (χ0v) is 20.9. The van der Waals surface area contributed by atoms with Gasteiger partial charge in [0.1, 0.15) is 5.75 Å². The molecular formula is C31H26N2O2S. The fourth-order valence-corrected chi connectivity index (χ4v) is 6.10. The number of fused-ring (bicyclic) bond motifs is 1. The molecule has 0 spiro atoms. The van der Waals surface area contributed by atoms with Crippen molar-refractivity contribution in [3.63, 3.8) is 0 Å². The first-order valence-corrected chi connectivity index (χ1v) is 13.0. The second-order valence-electron chi connectivity index (χ2n) is 9.07. The molecule has 6 rings (SSSR count). The number of ether oxygens (including phenoxy) is 1. The predicted octanol–water partition coefficient (Wildman–Crippen LogP) is 5.49. The molecule has 2 heterocycles. The number of nitrogens with zero attached hydrogens (tertiary/aromatic N) is 2. The lowest BCUT2D eigenvalue weighted by atomic mass is 9.84. The number of methoxy groups -OCH3 is 1. The van der Waals surface area contributed by atoms with Gasteiger partial charge in [-0.25, -0.2) is 4.99 Å². The lowest BCUT2D eigenvalue weighted by molar-refractivity contribution is 0.415. The van der Waals surface area contributed by atoms with Crippen molar-refractivity contribution in [2.45, 2.75) is 25.3 Å². The van der Waals surface area contributed by atoms with E-state index >= 15 is 0 Å². The average Bonchev–Trinajstić information content (AvgIpc) is 3.23. The summed E-state index contributed by atoms with van der Waals surface area (Å²) in [6.07, 6.45) is 7.18. The predicted molar refractivity (Wildman–Crippen MR) is 146 cm³/mol. The quantitative estimate of drug-likeness (QED) is 0.380. The molecule has 0 amide bonds. The first kappa shape index (κ1) is 22.5. The number of aromatic nitrogens is 1. The minimum absolute atomic E-state index is 0.00846. The summed E-state index contributed by atoms with van der Waals surface area (Å²) >= 11 is 1.46. The SMILES string of the molecule is COc1ccc(/C=c2/sc3n(c2=O)[C@H](c2ccccc2)C2=C(N=3)/C(=C\c3ccccc3)CCC2)cc1. The number of benzene rings is 3. The second kappa shape index (κ2) is 9.59. The van der Waals surface area contributed by atoms with Gasteiger partial charge in [0.15, 0.2) is 4.80 Å². The molecule has 0 radical (unpaired) electrons. The molecule has 0 unspecified atom stereocenters. The van der Waals surface area contributed by atoms with Crippen LogP contribution in [0.4, 0.5) is 0 Å². The van der Waals surface area contributed by atoms with Gasteiger partial charge in [-0.15, -0.1) is 0 Å². The summed E-state index contributed by atoms with van der Waals surface area (Å²) < 4.78 is 7.87. The number of allylic oxidation sites excluding steroid dienone is 2. The van der Waals surface area contributed by atoms with E-state index in [4.69, 9.17) is 9.73 Å². The molecule has 0 N–H and O–H groups in total. The molecule has 5 heteroatoms. The number of thiazole rings is 1. The van der Waals surface area contributed by atoms with Crippen molar-refractivity contribution >= 4 is 23.5 Å². The number of hydrogen-bond donors (Lipinski definition) is 0. The van der Waals surface area contributed by atoms with Crippen LogP contribution in [0, 0.1) is 0 Å². The highest BCUT2D eigenvalue weighted by molar-refractivity contribution is 7.07. The Morgan fingerprint density at radius 2 is 1.58 bits per heavy atom. The highest BCUT2D eigenvalue weighted by Gasteiger charge is 2.32. The Labute approximate surface area is 213 Å². The lowest BCUT2D eigenvalue weighted by Crippen LogP contribution is -2.39. The van der Waals surface area contributed by atoms with Gasteiger partial charge in [0.05, 0.1) is 23.4 Å². The Balaban J connectivity index is 1.55. The van der Waals surface area contributed by atoms with Crippen LogP contribution in [0.15, 0.2) is 112 Å².